The van der Waals surface area contributed by atoms with Crippen molar-refractivity contribution in [2.45, 2.75) is 6.17 Å². The Morgan fingerprint density at radius 1 is 0.483 bits per heavy atom. The van der Waals surface area contributed by atoms with Crippen molar-refractivity contribution in [1.82, 2.24) is 9.88 Å². The van der Waals surface area contributed by atoms with Gasteiger partial charge >= 0.3 is 0 Å². The first-order valence-electron chi connectivity index (χ1n) is 19.7. The summed E-state index contributed by atoms with van der Waals surface area (Å²) in [5.41, 5.74) is 8.77. The van der Waals surface area contributed by atoms with Crippen LogP contribution in [0.2, 0.25) is 0 Å². The van der Waals surface area contributed by atoms with Gasteiger partial charge in [-0.25, -0.2) is 9.98 Å². The Hall–Kier alpha value is -7.34. The molecule has 1 atom stereocenters. The van der Waals surface area contributed by atoms with Crippen LogP contribution in [0.25, 0.3) is 80.3 Å². The molecule has 4 nitrogen and oxygen atoms in total. The molecule has 0 bridgehead atoms. The first kappa shape index (κ1) is 32.9. The van der Waals surface area contributed by atoms with Crippen molar-refractivity contribution in [1.29, 1.82) is 0 Å². The van der Waals surface area contributed by atoms with Crippen LogP contribution in [-0.2, 0) is 0 Å². The van der Waals surface area contributed by atoms with Crippen LogP contribution in [0.15, 0.2) is 204 Å². The third-order valence-corrected chi connectivity index (χ3v) is 12.8. The largest absolute Gasteiger partial charge is 0.344 e. The number of thiophene rings is 1. The number of benzene rings is 9. The summed E-state index contributed by atoms with van der Waals surface area (Å²) in [6, 6.07) is 69.8. The van der Waals surface area contributed by atoms with Crippen molar-refractivity contribution < 1.29 is 0 Å². The molecule has 0 aliphatic carbocycles. The summed E-state index contributed by atoms with van der Waals surface area (Å²) in [4.78, 5) is 10.8. The van der Waals surface area contributed by atoms with Gasteiger partial charge in [-0.15, -0.1) is 11.3 Å². The average Bonchev–Trinajstić information content (AvgIpc) is 3.84. The first-order chi connectivity index (χ1) is 28.7. The van der Waals surface area contributed by atoms with E-state index in [1.165, 1.54) is 69.1 Å². The third kappa shape index (κ3) is 5.21. The predicted molar refractivity (Wildman–Crippen MR) is 246 cm³/mol. The topological polar surface area (TPSA) is 41.7 Å². The van der Waals surface area contributed by atoms with Crippen molar-refractivity contribution in [3.63, 3.8) is 0 Å². The van der Waals surface area contributed by atoms with Gasteiger partial charge in [-0.2, -0.15) is 0 Å². The van der Waals surface area contributed by atoms with Gasteiger partial charge in [-0.1, -0.05) is 146 Å². The minimum Gasteiger partial charge on any atom is -0.344 e. The summed E-state index contributed by atoms with van der Waals surface area (Å²) in [6.07, 6.45) is -0.319. The van der Waals surface area contributed by atoms with Gasteiger partial charge in [-0.3, -0.25) is 0 Å². The third-order valence-electron chi connectivity index (χ3n) is 11.6. The standard InChI is InChI=1S/C53H34N4S/c1-3-15-33(16-4-1)51-54-52(34-17-5-2-6-18-34)56-53(55-51)41-28-27-38(57-46-25-13-11-23-40(46)44-29-35-19-7-8-20-36(35)31-47(44)57)32-43(41)45-30-37-21-9-10-22-39(37)50-49(45)42-24-12-14-26-48(42)58-50/h1-32,51H,(H,54,55,56). The van der Waals surface area contributed by atoms with Crippen molar-refractivity contribution in [2.75, 3.05) is 0 Å². The van der Waals surface area contributed by atoms with E-state index in [-0.39, 0.29) is 6.17 Å². The van der Waals surface area contributed by atoms with Crippen molar-refractivity contribution in [3.05, 3.63) is 211 Å². The molecular weight excluding hydrogens is 725 g/mol. The Balaban J connectivity index is 1.19. The summed E-state index contributed by atoms with van der Waals surface area (Å²) in [5, 5.41) is 13.6. The molecule has 0 spiro atoms. The van der Waals surface area contributed by atoms with Crippen molar-refractivity contribution >= 4 is 86.5 Å². The molecule has 0 fully saturated rings. The maximum atomic E-state index is 5.42. The fourth-order valence-electron chi connectivity index (χ4n) is 8.91. The van der Waals surface area contributed by atoms with E-state index in [1.807, 2.05) is 23.5 Å². The number of fused-ring (bicyclic) bond motifs is 9. The molecular formula is C53H34N4S. The second kappa shape index (κ2) is 13.1. The molecule has 0 saturated heterocycles. The Kier molecular flexibility index (Phi) is 7.43. The number of nitrogens with one attached hydrogen (secondary N) is 1. The molecule has 0 saturated carbocycles. The molecule has 1 N–H and O–H groups in total. The number of aliphatic imine (C=N–C) groups is 2. The Morgan fingerprint density at radius 3 is 1.98 bits per heavy atom. The maximum Gasteiger partial charge on any atom is 0.160 e. The lowest BCUT2D eigenvalue weighted by Crippen LogP contribution is -2.33. The Labute approximate surface area is 338 Å². The van der Waals surface area contributed by atoms with Crippen LogP contribution in [0.1, 0.15) is 22.9 Å². The van der Waals surface area contributed by atoms with Crippen LogP contribution in [-0.4, -0.2) is 16.2 Å². The van der Waals surface area contributed by atoms with Gasteiger partial charge in [-0.05, 0) is 86.8 Å². The molecule has 1 unspecified atom stereocenters. The average molecular weight is 759 g/mol. The molecule has 272 valence electrons. The Morgan fingerprint density at radius 2 is 1.16 bits per heavy atom. The van der Waals surface area contributed by atoms with E-state index in [2.05, 4.69) is 192 Å². The highest BCUT2D eigenvalue weighted by Gasteiger charge is 2.25. The number of aromatic nitrogens is 1. The maximum absolute atomic E-state index is 5.42. The normalized spacial score (nSPS) is 14.4. The second-order valence-electron chi connectivity index (χ2n) is 15.0. The zero-order chi connectivity index (χ0) is 38.2. The van der Waals surface area contributed by atoms with Crippen molar-refractivity contribution in [2.24, 2.45) is 9.98 Å². The van der Waals surface area contributed by atoms with E-state index >= 15 is 0 Å². The summed E-state index contributed by atoms with van der Waals surface area (Å²) < 4.78 is 5.00. The highest BCUT2D eigenvalue weighted by Crippen LogP contribution is 2.46. The minimum atomic E-state index is -0.319. The monoisotopic (exact) mass is 758 g/mol. The fourth-order valence-corrected chi connectivity index (χ4v) is 10.2. The second-order valence-corrected chi connectivity index (χ2v) is 16.0. The smallest absolute Gasteiger partial charge is 0.160 e. The van der Waals surface area contributed by atoms with Gasteiger partial charge in [0.25, 0.3) is 0 Å². The molecule has 11 aromatic rings. The number of amidine groups is 2. The molecule has 0 radical (unpaired) electrons. The lowest BCUT2D eigenvalue weighted by Gasteiger charge is -2.25. The van der Waals surface area contributed by atoms with E-state index in [0.717, 1.165) is 33.8 Å². The molecule has 1 aliphatic rings. The quantitative estimate of drug-likeness (QED) is 0.187. The molecule has 58 heavy (non-hydrogen) atoms. The van der Waals surface area contributed by atoms with Crippen molar-refractivity contribution in [3.8, 4) is 16.8 Å². The molecule has 9 aromatic carbocycles. The van der Waals surface area contributed by atoms with E-state index < -0.39 is 0 Å². The summed E-state index contributed by atoms with van der Waals surface area (Å²) >= 11 is 1.87. The zero-order valence-electron chi connectivity index (χ0n) is 31.3. The number of rotatable bonds is 5. The zero-order valence-corrected chi connectivity index (χ0v) is 32.1. The minimum absolute atomic E-state index is 0.319. The van der Waals surface area contributed by atoms with Gasteiger partial charge in [0.2, 0.25) is 0 Å². The summed E-state index contributed by atoms with van der Waals surface area (Å²) in [5.74, 6) is 1.50. The van der Waals surface area contributed by atoms with Gasteiger partial charge in [0.05, 0.1) is 11.0 Å². The predicted octanol–water partition coefficient (Wildman–Crippen LogP) is 13.6. The molecule has 2 aromatic heterocycles. The van der Waals surface area contributed by atoms with Crippen LogP contribution in [0, 0.1) is 0 Å². The van der Waals surface area contributed by atoms with Crippen LogP contribution in [0.4, 0.5) is 0 Å². The molecule has 0 amide bonds. The van der Waals surface area contributed by atoms with E-state index in [1.54, 1.807) is 0 Å². The van der Waals surface area contributed by atoms with Gasteiger partial charge in [0, 0.05) is 47.8 Å². The molecule has 12 rings (SSSR count). The summed E-state index contributed by atoms with van der Waals surface area (Å²) in [6.45, 7) is 0. The lowest BCUT2D eigenvalue weighted by molar-refractivity contribution is 0.674. The SMILES string of the molecule is c1ccc(C2=NC(c3ccc(-n4c5ccccc5c5cc6ccccc6cc54)cc3-c3cc4ccccc4c4sc5ccccc5c34)=NC(c3ccccc3)N2)cc1. The first-order valence-corrected chi connectivity index (χ1v) is 20.5. The lowest BCUT2D eigenvalue weighted by atomic mass is 9.91. The molecule has 3 heterocycles. The van der Waals surface area contributed by atoms with E-state index in [4.69, 9.17) is 9.98 Å². The number of para-hydroxylation sites is 1. The Bertz CT molecular complexity index is 3480. The number of hydrogen-bond acceptors (Lipinski definition) is 4. The molecule has 1 aliphatic heterocycles. The van der Waals surface area contributed by atoms with Crippen LogP contribution in [0.5, 0.6) is 0 Å². The van der Waals surface area contributed by atoms with Gasteiger partial charge in [0.1, 0.15) is 12.0 Å². The van der Waals surface area contributed by atoms with E-state index in [0.29, 0.717) is 5.84 Å². The van der Waals surface area contributed by atoms with Gasteiger partial charge < -0.3 is 9.88 Å². The highest BCUT2D eigenvalue weighted by atomic mass is 32.1. The van der Waals surface area contributed by atoms with E-state index in [9.17, 15) is 0 Å². The van der Waals surface area contributed by atoms with Crippen LogP contribution in [0.3, 0.4) is 0 Å². The van der Waals surface area contributed by atoms with Crippen LogP contribution < -0.4 is 5.32 Å². The summed E-state index contributed by atoms with van der Waals surface area (Å²) in [7, 11) is 0. The molecule has 5 heteroatoms. The number of hydrogen-bond donors (Lipinski definition) is 1. The van der Waals surface area contributed by atoms with Crippen LogP contribution >= 0.6 is 11.3 Å². The highest BCUT2D eigenvalue weighted by molar-refractivity contribution is 7.26. The fraction of sp³-hybridized carbons (Fsp3) is 0.0189. The van der Waals surface area contributed by atoms with Gasteiger partial charge in [0.15, 0.2) is 5.84 Å². The number of nitrogens with zero attached hydrogens (tertiary/aromatic N) is 3.